The average molecular weight is 290 g/mol. The number of halogens is 1. The summed E-state index contributed by atoms with van der Waals surface area (Å²) in [6.07, 6.45) is 0. The van der Waals surface area contributed by atoms with Gasteiger partial charge in [0.2, 0.25) is 5.91 Å². The van der Waals surface area contributed by atoms with E-state index >= 15 is 0 Å². The summed E-state index contributed by atoms with van der Waals surface area (Å²) < 4.78 is 13.5. The molecular formula is C15H15FN2OS. The van der Waals surface area contributed by atoms with Crippen molar-refractivity contribution >= 4 is 29.0 Å². The standard InChI is InChI=1S/C15H15FN2OS/c1-10-4-2-3-5-14(10)20-9-15(19)18-13-8-11(17)6-7-12(13)16/h2-8H,9,17H2,1H3,(H,18,19). The van der Waals surface area contributed by atoms with Crippen molar-refractivity contribution in [3.05, 3.63) is 53.8 Å². The van der Waals surface area contributed by atoms with Crippen molar-refractivity contribution in [3.63, 3.8) is 0 Å². The Morgan fingerprint density at radius 1 is 1.30 bits per heavy atom. The average Bonchev–Trinajstić information content (AvgIpc) is 2.42. The Morgan fingerprint density at radius 3 is 2.80 bits per heavy atom. The second kappa shape index (κ2) is 6.43. The molecule has 3 nitrogen and oxygen atoms in total. The number of thioether (sulfide) groups is 1. The molecule has 1 amide bonds. The van der Waals surface area contributed by atoms with Gasteiger partial charge >= 0.3 is 0 Å². The molecule has 0 atom stereocenters. The zero-order valence-corrected chi connectivity index (χ0v) is 11.8. The van der Waals surface area contributed by atoms with E-state index in [1.807, 2.05) is 31.2 Å². The van der Waals surface area contributed by atoms with Gasteiger partial charge in [-0.15, -0.1) is 11.8 Å². The molecule has 0 aliphatic rings. The summed E-state index contributed by atoms with van der Waals surface area (Å²) in [6, 6.07) is 11.9. The molecule has 0 spiro atoms. The van der Waals surface area contributed by atoms with E-state index in [4.69, 9.17) is 5.73 Å². The van der Waals surface area contributed by atoms with Gasteiger partial charge in [-0.05, 0) is 36.8 Å². The number of nitrogens with two attached hydrogens (primary N) is 1. The number of carbonyl (C=O) groups is 1. The lowest BCUT2D eigenvalue weighted by Gasteiger charge is -2.08. The number of hydrogen-bond acceptors (Lipinski definition) is 3. The molecule has 0 bridgehead atoms. The highest BCUT2D eigenvalue weighted by atomic mass is 32.2. The SMILES string of the molecule is Cc1ccccc1SCC(=O)Nc1cc(N)ccc1F. The van der Waals surface area contributed by atoms with Crippen molar-refractivity contribution in [3.8, 4) is 0 Å². The third-order valence-corrected chi connectivity index (χ3v) is 3.89. The van der Waals surface area contributed by atoms with Crippen LogP contribution in [0, 0.1) is 12.7 Å². The maximum absolute atomic E-state index is 13.5. The molecule has 0 saturated carbocycles. The molecule has 0 radical (unpaired) electrons. The fourth-order valence-electron chi connectivity index (χ4n) is 1.69. The van der Waals surface area contributed by atoms with Crippen LogP contribution in [0.5, 0.6) is 0 Å². The topological polar surface area (TPSA) is 55.1 Å². The van der Waals surface area contributed by atoms with Gasteiger partial charge in [0.25, 0.3) is 0 Å². The van der Waals surface area contributed by atoms with Crippen LogP contribution in [0.3, 0.4) is 0 Å². The summed E-state index contributed by atoms with van der Waals surface area (Å²) in [7, 11) is 0. The van der Waals surface area contributed by atoms with Crippen molar-refractivity contribution in [2.45, 2.75) is 11.8 Å². The summed E-state index contributed by atoms with van der Waals surface area (Å²) in [6.45, 7) is 1.98. The Labute approximate surface area is 121 Å². The first-order chi connectivity index (χ1) is 9.56. The highest BCUT2D eigenvalue weighted by Gasteiger charge is 2.08. The van der Waals surface area contributed by atoms with E-state index < -0.39 is 5.82 Å². The van der Waals surface area contributed by atoms with Crippen LogP contribution in [0.2, 0.25) is 0 Å². The van der Waals surface area contributed by atoms with Gasteiger partial charge in [-0.25, -0.2) is 4.39 Å². The zero-order chi connectivity index (χ0) is 14.5. The summed E-state index contributed by atoms with van der Waals surface area (Å²) in [5.74, 6) is -0.532. The minimum atomic E-state index is -0.492. The molecule has 20 heavy (non-hydrogen) atoms. The highest BCUT2D eigenvalue weighted by molar-refractivity contribution is 8.00. The molecule has 3 N–H and O–H groups in total. The Kier molecular flexibility index (Phi) is 4.63. The van der Waals surface area contributed by atoms with Gasteiger partial charge in [0.1, 0.15) is 5.82 Å². The minimum absolute atomic E-state index is 0.111. The fourth-order valence-corrected chi connectivity index (χ4v) is 2.52. The maximum Gasteiger partial charge on any atom is 0.234 e. The maximum atomic E-state index is 13.5. The summed E-state index contributed by atoms with van der Waals surface area (Å²) in [4.78, 5) is 12.9. The van der Waals surface area contributed by atoms with Crippen molar-refractivity contribution in [1.82, 2.24) is 0 Å². The van der Waals surface area contributed by atoms with Crippen LogP contribution in [-0.2, 0) is 4.79 Å². The van der Waals surface area contributed by atoms with Crippen molar-refractivity contribution in [2.24, 2.45) is 0 Å². The second-order valence-electron chi connectivity index (χ2n) is 4.34. The smallest absolute Gasteiger partial charge is 0.234 e. The van der Waals surface area contributed by atoms with Crippen LogP contribution in [0.25, 0.3) is 0 Å². The molecule has 0 fully saturated rings. The Bertz CT molecular complexity index is 631. The molecule has 0 heterocycles. The van der Waals surface area contributed by atoms with Crippen molar-refractivity contribution in [2.75, 3.05) is 16.8 Å². The summed E-state index contributed by atoms with van der Waals surface area (Å²) in [5.41, 5.74) is 7.20. The molecule has 0 aliphatic carbocycles. The van der Waals surface area contributed by atoms with Crippen LogP contribution in [-0.4, -0.2) is 11.7 Å². The molecule has 0 aliphatic heterocycles. The van der Waals surface area contributed by atoms with Crippen LogP contribution in [0.1, 0.15) is 5.56 Å². The Balaban J connectivity index is 1.96. The number of hydrogen-bond donors (Lipinski definition) is 2. The van der Waals surface area contributed by atoms with Gasteiger partial charge in [-0.2, -0.15) is 0 Å². The molecule has 5 heteroatoms. The Hall–Kier alpha value is -2.01. The van der Waals surface area contributed by atoms with Crippen LogP contribution in [0.15, 0.2) is 47.4 Å². The lowest BCUT2D eigenvalue weighted by Crippen LogP contribution is -2.15. The predicted octanol–water partition coefficient (Wildman–Crippen LogP) is 3.45. The van der Waals surface area contributed by atoms with Gasteiger partial charge in [0, 0.05) is 10.6 Å². The molecule has 2 rings (SSSR count). The number of aryl methyl sites for hydroxylation is 1. The highest BCUT2D eigenvalue weighted by Crippen LogP contribution is 2.22. The first kappa shape index (κ1) is 14.4. The van der Waals surface area contributed by atoms with E-state index in [-0.39, 0.29) is 17.3 Å². The van der Waals surface area contributed by atoms with E-state index in [1.165, 1.54) is 30.0 Å². The number of nitrogen functional groups attached to an aromatic ring is 1. The van der Waals surface area contributed by atoms with Gasteiger partial charge in [-0.1, -0.05) is 18.2 Å². The molecule has 0 unspecified atom stereocenters. The van der Waals surface area contributed by atoms with E-state index in [9.17, 15) is 9.18 Å². The monoisotopic (exact) mass is 290 g/mol. The number of anilines is 2. The van der Waals surface area contributed by atoms with Crippen LogP contribution < -0.4 is 11.1 Å². The van der Waals surface area contributed by atoms with Crippen LogP contribution >= 0.6 is 11.8 Å². The van der Waals surface area contributed by atoms with Gasteiger partial charge in [0.15, 0.2) is 0 Å². The molecule has 104 valence electrons. The normalized spacial score (nSPS) is 10.3. The second-order valence-corrected chi connectivity index (χ2v) is 5.36. The van der Waals surface area contributed by atoms with E-state index in [1.54, 1.807) is 0 Å². The predicted molar refractivity (Wildman–Crippen MR) is 81.3 cm³/mol. The molecule has 0 aromatic heterocycles. The third kappa shape index (κ3) is 3.74. The van der Waals surface area contributed by atoms with Gasteiger partial charge in [0.05, 0.1) is 11.4 Å². The fraction of sp³-hybridized carbons (Fsp3) is 0.133. The molecule has 2 aromatic carbocycles. The molecular weight excluding hydrogens is 275 g/mol. The summed E-state index contributed by atoms with van der Waals surface area (Å²) >= 11 is 1.42. The lowest BCUT2D eigenvalue weighted by atomic mass is 10.2. The minimum Gasteiger partial charge on any atom is -0.399 e. The van der Waals surface area contributed by atoms with Crippen LogP contribution in [0.4, 0.5) is 15.8 Å². The van der Waals surface area contributed by atoms with Crippen molar-refractivity contribution < 1.29 is 9.18 Å². The van der Waals surface area contributed by atoms with Gasteiger partial charge in [-0.3, -0.25) is 4.79 Å². The van der Waals surface area contributed by atoms with Crippen molar-refractivity contribution in [1.29, 1.82) is 0 Å². The quantitative estimate of drug-likeness (QED) is 0.670. The number of benzene rings is 2. The van der Waals surface area contributed by atoms with Gasteiger partial charge < -0.3 is 11.1 Å². The first-order valence-electron chi connectivity index (χ1n) is 6.09. The zero-order valence-electron chi connectivity index (χ0n) is 11.0. The molecule has 0 saturated heterocycles. The Morgan fingerprint density at radius 2 is 2.05 bits per heavy atom. The number of nitrogens with one attached hydrogen (secondary N) is 1. The number of rotatable bonds is 4. The molecule has 2 aromatic rings. The van der Waals surface area contributed by atoms with E-state index in [0.29, 0.717) is 5.69 Å². The number of amides is 1. The first-order valence-corrected chi connectivity index (χ1v) is 7.08. The lowest BCUT2D eigenvalue weighted by molar-refractivity contribution is -0.113. The third-order valence-electron chi connectivity index (χ3n) is 2.72. The van der Waals surface area contributed by atoms with E-state index in [2.05, 4.69) is 5.32 Å². The number of carbonyl (C=O) groups excluding carboxylic acids is 1. The summed E-state index contributed by atoms with van der Waals surface area (Å²) in [5, 5.41) is 2.53. The van der Waals surface area contributed by atoms with E-state index in [0.717, 1.165) is 10.5 Å². The largest absolute Gasteiger partial charge is 0.399 e.